The SMILES string of the molecule is Cc1cccc(C)c1N1CCC(CCN)CC1. The molecule has 0 unspecified atom stereocenters. The number of aryl methyl sites for hydroxylation is 2. The summed E-state index contributed by atoms with van der Waals surface area (Å²) in [6.45, 7) is 7.66. The monoisotopic (exact) mass is 232 g/mol. The van der Waals surface area contributed by atoms with Crippen molar-refractivity contribution in [2.24, 2.45) is 11.7 Å². The van der Waals surface area contributed by atoms with Gasteiger partial charge in [-0.1, -0.05) is 18.2 Å². The second-order valence-electron chi connectivity index (χ2n) is 5.25. The van der Waals surface area contributed by atoms with E-state index in [9.17, 15) is 0 Å². The van der Waals surface area contributed by atoms with E-state index in [-0.39, 0.29) is 0 Å². The van der Waals surface area contributed by atoms with Crippen LogP contribution in [0.1, 0.15) is 30.4 Å². The Balaban J connectivity index is 2.05. The first-order valence-electron chi connectivity index (χ1n) is 6.73. The summed E-state index contributed by atoms with van der Waals surface area (Å²) in [6, 6.07) is 6.58. The quantitative estimate of drug-likeness (QED) is 0.868. The van der Waals surface area contributed by atoms with Gasteiger partial charge in [-0.15, -0.1) is 0 Å². The van der Waals surface area contributed by atoms with Crippen molar-refractivity contribution < 1.29 is 0 Å². The molecule has 17 heavy (non-hydrogen) atoms. The molecular weight excluding hydrogens is 208 g/mol. The van der Waals surface area contributed by atoms with E-state index in [4.69, 9.17) is 5.73 Å². The van der Waals surface area contributed by atoms with Crippen molar-refractivity contribution in [1.29, 1.82) is 0 Å². The van der Waals surface area contributed by atoms with Gasteiger partial charge in [0.25, 0.3) is 0 Å². The zero-order chi connectivity index (χ0) is 12.3. The number of benzene rings is 1. The van der Waals surface area contributed by atoms with Gasteiger partial charge in [0.15, 0.2) is 0 Å². The van der Waals surface area contributed by atoms with Crippen LogP contribution in [0.15, 0.2) is 18.2 Å². The van der Waals surface area contributed by atoms with E-state index in [0.717, 1.165) is 12.5 Å². The molecular formula is C15H24N2. The molecule has 0 amide bonds. The van der Waals surface area contributed by atoms with Crippen molar-refractivity contribution in [3.05, 3.63) is 29.3 Å². The normalized spacial score (nSPS) is 17.5. The van der Waals surface area contributed by atoms with Gasteiger partial charge in [-0.3, -0.25) is 0 Å². The minimum atomic E-state index is 0.841. The van der Waals surface area contributed by atoms with Gasteiger partial charge in [0.05, 0.1) is 0 Å². The molecule has 0 radical (unpaired) electrons. The highest BCUT2D eigenvalue weighted by atomic mass is 15.1. The Morgan fingerprint density at radius 3 is 2.29 bits per heavy atom. The molecule has 94 valence electrons. The van der Waals surface area contributed by atoms with Crippen LogP contribution in [-0.2, 0) is 0 Å². The second-order valence-corrected chi connectivity index (χ2v) is 5.25. The van der Waals surface area contributed by atoms with Gasteiger partial charge < -0.3 is 10.6 Å². The highest BCUT2D eigenvalue weighted by molar-refractivity contribution is 5.59. The molecule has 2 rings (SSSR count). The maximum atomic E-state index is 5.64. The maximum Gasteiger partial charge on any atom is 0.0425 e. The van der Waals surface area contributed by atoms with Crippen molar-refractivity contribution >= 4 is 5.69 Å². The average molecular weight is 232 g/mol. The smallest absolute Gasteiger partial charge is 0.0425 e. The molecule has 0 atom stereocenters. The molecule has 1 saturated heterocycles. The number of nitrogens with two attached hydrogens (primary N) is 1. The van der Waals surface area contributed by atoms with Gasteiger partial charge in [0.1, 0.15) is 0 Å². The Morgan fingerprint density at radius 1 is 1.18 bits per heavy atom. The summed E-state index contributed by atoms with van der Waals surface area (Å²) in [5.74, 6) is 0.848. The average Bonchev–Trinajstić information content (AvgIpc) is 2.31. The van der Waals surface area contributed by atoms with Gasteiger partial charge >= 0.3 is 0 Å². The Kier molecular flexibility index (Phi) is 4.06. The predicted molar refractivity (Wildman–Crippen MR) is 74.5 cm³/mol. The van der Waals surface area contributed by atoms with Crippen LogP contribution in [0.4, 0.5) is 5.69 Å². The van der Waals surface area contributed by atoms with E-state index in [1.807, 2.05) is 0 Å². The van der Waals surface area contributed by atoms with Crippen molar-refractivity contribution in [1.82, 2.24) is 0 Å². The fraction of sp³-hybridized carbons (Fsp3) is 0.600. The molecule has 1 aromatic rings. The van der Waals surface area contributed by atoms with Crippen LogP contribution in [-0.4, -0.2) is 19.6 Å². The Hall–Kier alpha value is -1.02. The van der Waals surface area contributed by atoms with E-state index >= 15 is 0 Å². The van der Waals surface area contributed by atoms with Gasteiger partial charge in [0, 0.05) is 18.8 Å². The number of piperidine rings is 1. The minimum absolute atomic E-state index is 0.841. The third-order valence-corrected chi connectivity index (χ3v) is 3.95. The zero-order valence-corrected chi connectivity index (χ0v) is 11.1. The summed E-state index contributed by atoms with van der Waals surface area (Å²) in [6.07, 6.45) is 3.79. The Bertz CT molecular complexity index is 345. The number of anilines is 1. The summed E-state index contributed by atoms with van der Waals surface area (Å²) in [7, 11) is 0. The number of nitrogens with zero attached hydrogens (tertiary/aromatic N) is 1. The molecule has 1 fully saturated rings. The minimum Gasteiger partial charge on any atom is -0.371 e. The first-order valence-corrected chi connectivity index (χ1v) is 6.73. The number of para-hydroxylation sites is 1. The highest BCUT2D eigenvalue weighted by Crippen LogP contribution is 2.29. The summed E-state index contributed by atoms with van der Waals surface area (Å²) >= 11 is 0. The van der Waals surface area contributed by atoms with E-state index in [1.165, 1.54) is 49.2 Å². The van der Waals surface area contributed by atoms with Crippen LogP contribution < -0.4 is 10.6 Å². The topological polar surface area (TPSA) is 29.3 Å². The van der Waals surface area contributed by atoms with Gasteiger partial charge in [0.2, 0.25) is 0 Å². The lowest BCUT2D eigenvalue weighted by molar-refractivity contribution is 0.386. The second kappa shape index (κ2) is 5.54. The van der Waals surface area contributed by atoms with Crippen molar-refractivity contribution in [2.75, 3.05) is 24.5 Å². The van der Waals surface area contributed by atoms with Crippen LogP contribution >= 0.6 is 0 Å². The standard InChI is InChI=1S/C15H24N2/c1-12-4-3-5-13(2)15(12)17-10-7-14(6-9-16)8-11-17/h3-5,14H,6-11,16H2,1-2H3. The van der Waals surface area contributed by atoms with Crippen LogP contribution in [0.3, 0.4) is 0 Å². The van der Waals surface area contributed by atoms with Crippen molar-refractivity contribution in [3.63, 3.8) is 0 Å². The van der Waals surface area contributed by atoms with Gasteiger partial charge in [-0.25, -0.2) is 0 Å². The molecule has 2 N–H and O–H groups in total. The van der Waals surface area contributed by atoms with E-state index in [1.54, 1.807) is 0 Å². The molecule has 1 aromatic carbocycles. The number of hydrogen-bond donors (Lipinski definition) is 1. The summed E-state index contributed by atoms with van der Waals surface area (Å²) in [5.41, 5.74) is 9.91. The first-order chi connectivity index (χ1) is 8.22. The molecule has 1 heterocycles. The maximum absolute atomic E-state index is 5.64. The van der Waals surface area contributed by atoms with Crippen LogP contribution in [0.25, 0.3) is 0 Å². The lowest BCUT2D eigenvalue weighted by Gasteiger charge is -2.35. The molecule has 0 aromatic heterocycles. The summed E-state index contributed by atoms with van der Waals surface area (Å²) in [5, 5.41) is 0. The van der Waals surface area contributed by atoms with Crippen LogP contribution in [0.2, 0.25) is 0 Å². The Labute approximate surface area is 105 Å². The van der Waals surface area contributed by atoms with E-state index in [2.05, 4.69) is 36.9 Å². The molecule has 0 aliphatic carbocycles. The zero-order valence-electron chi connectivity index (χ0n) is 11.1. The molecule has 0 spiro atoms. The largest absolute Gasteiger partial charge is 0.371 e. The molecule has 0 saturated carbocycles. The lowest BCUT2D eigenvalue weighted by atomic mass is 9.92. The molecule has 2 heteroatoms. The third-order valence-electron chi connectivity index (χ3n) is 3.95. The first kappa shape index (κ1) is 12.4. The number of rotatable bonds is 3. The summed E-state index contributed by atoms with van der Waals surface area (Å²) in [4.78, 5) is 2.55. The van der Waals surface area contributed by atoms with Crippen molar-refractivity contribution in [2.45, 2.75) is 33.1 Å². The molecule has 0 bridgehead atoms. The number of hydrogen-bond acceptors (Lipinski definition) is 2. The molecule has 1 aliphatic rings. The van der Waals surface area contributed by atoms with Crippen LogP contribution in [0, 0.1) is 19.8 Å². The van der Waals surface area contributed by atoms with Gasteiger partial charge in [-0.05, 0) is 56.7 Å². The fourth-order valence-electron chi connectivity index (χ4n) is 2.99. The van der Waals surface area contributed by atoms with Crippen molar-refractivity contribution in [3.8, 4) is 0 Å². The van der Waals surface area contributed by atoms with E-state index < -0.39 is 0 Å². The van der Waals surface area contributed by atoms with Crippen LogP contribution in [0.5, 0.6) is 0 Å². The van der Waals surface area contributed by atoms with Gasteiger partial charge in [-0.2, -0.15) is 0 Å². The lowest BCUT2D eigenvalue weighted by Crippen LogP contribution is -2.35. The molecule has 1 aliphatic heterocycles. The fourth-order valence-corrected chi connectivity index (χ4v) is 2.99. The summed E-state index contributed by atoms with van der Waals surface area (Å²) < 4.78 is 0. The Morgan fingerprint density at radius 2 is 1.76 bits per heavy atom. The molecule has 2 nitrogen and oxygen atoms in total. The highest BCUT2D eigenvalue weighted by Gasteiger charge is 2.20. The predicted octanol–water partition coefficient (Wildman–Crippen LogP) is 2.87. The van der Waals surface area contributed by atoms with E-state index in [0.29, 0.717) is 0 Å². The third kappa shape index (κ3) is 2.81.